The molecule has 6 nitrogen and oxygen atoms in total. The van der Waals surface area contributed by atoms with E-state index in [0.717, 1.165) is 4.57 Å². The van der Waals surface area contributed by atoms with E-state index < -0.39 is 11.2 Å². The minimum absolute atomic E-state index is 0.177. The van der Waals surface area contributed by atoms with Gasteiger partial charge in [-0.3, -0.25) is 13.9 Å². The number of hydrogen-bond donors (Lipinski definition) is 0. The number of aryl methyl sites for hydroxylation is 1. The lowest BCUT2D eigenvalue weighted by molar-refractivity contribution is 0.601. The summed E-state index contributed by atoms with van der Waals surface area (Å²) in [4.78, 5) is 28.2. The van der Waals surface area contributed by atoms with E-state index >= 15 is 0 Å². The molecule has 0 amide bonds. The number of fused-ring (bicyclic) bond motifs is 1. The van der Waals surface area contributed by atoms with Crippen LogP contribution in [0.3, 0.4) is 0 Å². The van der Waals surface area contributed by atoms with Gasteiger partial charge in [0.25, 0.3) is 5.56 Å². The van der Waals surface area contributed by atoms with Gasteiger partial charge in [-0.05, 0) is 6.07 Å². The van der Waals surface area contributed by atoms with Crippen molar-refractivity contribution in [1.29, 1.82) is 0 Å². The lowest BCUT2D eigenvalue weighted by atomic mass is 10.2. The fourth-order valence-corrected chi connectivity index (χ4v) is 2.33. The summed E-state index contributed by atoms with van der Waals surface area (Å²) in [5, 5.41) is 0. The second kappa shape index (κ2) is 4.69. The van der Waals surface area contributed by atoms with Crippen molar-refractivity contribution in [2.75, 3.05) is 0 Å². The van der Waals surface area contributed by atoms with Crippen molar-refractivity contribution in [1.82, 2.24) is 18.7 Å². The molecule has 0 bridgehead atoms. The Bertz CT molecular complexity index is 952. The fourth-order valence-electron chi connectivity index (χ4n) is 2.33. The summed E-state index contributed by atoms with van der Waals surface area (Å²) in [6.45, 7) is 0.177. The summed E-state index contributed by atoms with van der Waals surface area (Å²) in [6, 6.07) is 6.34. The van der Waals surface area contributed by atoms with Crippen molar-refractivity contribution >= 4 is 11.2 Å². The molecule has 0 saturated heterocycles. The normalized spacial score (nSPS) is 11.2. The highest BCUT2D eigenvalue weighted by molar-refractivity contribution is 5.70. The first kappa shape index (κ1) is 13.3. The molecule has 1 aromatic carbocycles. The van der Waals surface area contributed by atoms with Gasteiger partial charge in [-0.15, -0.1) is 0 Å². The van der Waals surface area contributed by atoms with Gasteiger partial charge in [-0.2, -0.15) is 0 Å². The summed E-state index contributed by atoms with van der Waals surface area (Å²) in [5.41, 5.74) is 0.139. The predicted octanol–water partition coefficient (Wildman–Crippen LogP) is 0.621. The number of hydrogen-bond acceptors (Lipinski definition) is 3. The van der Waals surface area contributed by atoms with Gasteiger partial charge in [0, 0.05) is 19.7 Å². The average molecular weight is 288 g/mol. The van der Waals surface area contributed by atoms with Crippen LogP contribution in [0.15, 0.2) is 40.2 Å². The molecule has 21 heavy (non-hydrogen) atoms. The van der Waals surface area contributed by atoms with Gasteiger partial charge < -0.3 is 4.57 Å². The minimum Gasteiger partial charge on any atom is -0.320 e. The number of nitrogens with zero attached hydrogens (tertiary/aromatic N) is 4. The van der Waals surface area contributed by atoms with Gasteiger partial charge in [0.1, 0.15) is 5.82 Å². The number of rotatable bonds is 2. The Labute approximate surface area is 118 Å². The van der Waals surface area contributed by atoms with Gasteiger partial charge in [0.2, 0.25) is 0 Å². The Hall–Kier alpha value is -2.70. The van der Waals surface area contributed by atoms with Crippen LogP contribution in [0.4, 0.5) is 4.39 Å². The number of halogens is 1. The Balaban J connectivity index is 2.24. The minimum atomic E-state index is -0.443. The van der Waals surface area contributed by atoms with Gasteiger partial charge in [0.15, 0.2) is 11.2 Å². The van der Waals surface area contributed by atoms with Crippen molar-refractivity contribution in [2.24, 2.45) is 14.1 Å². The van der Waals surface area contributed by atoms with E-state index in [-0.39, 0.29) is 17.9 Å². The molecule has 0 atom stereocenters. The Morgan fingerprint density at radius 1 is 1.14 bits per heavy atom. The molecule has 0 fully saturated rings. The maximum atomic E-state index is 13.7. The van der Waals surface area contributed by atoms with Crippen molar-refractivity contribution in [3.63, 3.8) is 0 Å². The molecule has 0 aliphatic rings. The summed E-state index contributed by atoms with van der Waals surface area (Å²) in [6.07, 6.45) is 1.44. The molecule has 2 heterocycles. The van der Waals surface area contributed by atoms with Crippen LogP contribution in [0.2, 0.25) is 0 Å². The smallest absolute Gasteiger partial charge is 0.320 e. The fraction of sp³-hybridized carbons (Fsp3) is 0.214. The Morgan fingerprint density at radius 3 is 2.57 bits per heavy atom. The zero-order chi connectivity index (χ0) is 15.1. The molecule has 0 unspecified atom stereocenters. The van der Waals surface area contributed by atoms with Gasteiger partial charge in [-0.25, -0.2) is 14.2 Å². The molecule has 0 saturated carbocycles. The molecule has 3 aromatic rings. The van der Waals surface area contributed by atoms with Crippen LogP contribution in [0, 0.1) is 5.82 Å². The summed E-state index contributed by atoms with van der Waals surface area (Å²) in [5.74, 6) is -0.346. The Kier molecular flexibility index (Phi) is 2.97. The summed E-state index contributed by atoms with van der Waals surface area (Å²) < 4.78 is 17.6. The molecule has 0 N–H and O–H groups in total. The van der Waals surface area contributed by atoms with Crippen molar-refractivity contribution in [3.05, 3.63) is 62.8 Å². The summed E-state index contributed by atoms with van der Waals surface area (Å²) >= 11 is 0. The van der Waals surface area contributed by atoms with E-state index in [4.69, 9.17) is 0 Å². The number of imidazole rings is 1. The zero-order valence-corrected chi connectivity index (χ0v) is 11.6. The number of benzene rings is 1. The first-order valence-electron chi connectivity index (χ1n) is 6.35. The maximum absolute atomic E-state index is 13.7. The van der Waals surface area contributed by atoms with Gasteiger partial charge in [-0.1, -0.05) is 18.2 Å². The van der Waals surface area contributed by atoms with Crippen LogP contribution in [-0.4, -0.2) is 18.7 Å². The largest absolute Gasteiger partial charge is 0.332 e. The Morgan fingerprint density at radius 2 is 1.86 bits per heavy atom. The van der Waals surface area contributed by atoms with Crippen molar-refractivity contribution in [3.8, 4) is 0 Å². The molecule has 108 valence electrons. The molecular weight excluding hydrogens is 275 g/mol. The molecule has 0 aliphatic carbocycles. The second-order valence-electron chi connectivity index (χ2n) is 4.84. The highest BCUT2D eigenvalue weighted by Gasteiger charge is 2.15. The van der Waals surface area contributed by atoms with E-state index in [1.54, 1.807) is 29.8 Å². The third-order valence-corrected chi connectivity index (χ3v) is 3.52. The zero-order valence-electron chi connectivity index (χ0n) is 11.6. The SMILES string of the molecule is Cn1c(=O)c2c(ncn2Cc2ccccc2F)n(C)c1=O. The molecule has 0 radical (unpaired) electrons. The summed E-state index contributed by atoms with van der Waals surface area (Å²) in [7, 11) is 2.95. The topological polar surface area (TPSA) is 61.8 Å². The van der Waals surface area contributed by atoms with E-state index in [9.17, 15) is 14.0 Å². The third-order valence-electron chi connectivity index (χ3n) is 3.52. The monoisotopic (exact) mass is 288 g/mol. The highest BCUT2D eigenvalue weighted by Crippen LogP contribution is 2.12. The van der Waals surface area contributed by atoms with Crippen LogP contribution < -0.4 is 11.2 Å². The average Bonchev–Trinajstić information content (AvgIpc) is 2.89. The molecule has 2 aromatic heterocycles. The van der Waals surface area contributed by atoms with Crippen LogP contribution in [-0.2, 0) is 20.6 Å². The first-order valence-corrected chi connectivity index (χ1v) is 6.35. The standard InChI is InChI=1S/C14H13FN4O2/c1-17-12-11(13(20)18(2)14(17)21)19(8-16-12)7-9-5-3-4-6-10(9)15/h3-6,8H,7H2,1-2H3. The highest BCUT2D eigenvalue weighted by atomic mass is 19.1. The first-order chi connectivity index (χ1) is 10.0. The third kappa shape index (κ3) is 1.97. The second-order valence-corrected chi connectivity index (χ2v) is 4.84. The quantitative estimate of drug-likeness (QED) is 0.694. The maximum Gasteiger partial charge on any atom is 0.332 e. The van der Waals surface area contributed by atoms with E-state index in [2.05, 4.69) is 4.98 Å². The van der Waals surface area contributed by atoms with Crippen LogP contribution >= 0.6 is 0 Å². The van der Waals surface area contributed by atoms with Crippen molar-refractivity contribution in [2.45, 2.75) is 6.54 Å². The molecular formula is C14H13FN4O2. The predicted molar refractivity (Wildman–Crippen MR) is 75.7 cm³/mol. The molecule has 0 spiro atoms. The van der Waals surface area contributed by atoms with Gasteiger partial charge >= 0.3 is 5.69 Å². The van der Waals surface area contributed by atoms with E-state index in [1.165, 1.54) is 24.0 Å². The molecule has 7 heteroatoms. The van der Waals surface area contributed by atoms with Gasteiger partial charge in [0.05, 0.1) is 12.9 Å². The number of aromatic nitrogens is 4. The van der Waals surface area contributed by atoms with Crippen LogP contribution in [0.25, 0.3) is 11.2 Å². The van der Waals surface area contributed by atoms with Crippen LogP contribution in [0.1, 0.15) is 5.56 Å². The van der Waals surface area contributed by atoms with Crippen molar-refractivity contribution < 1.29 is 4.39 Å². The van der Waals surface area contributed by atoms with E-state index in [1.807, 2.05) is 0 Å². The molecule has 3 rings (SSSR count). The van der Waals surface area contributed by atoms with E-state index in [0.29, 0.717) is 11.2 Å². The lowest BCUT2D eigenvalue weighted by Gasteiger charge is -2.07. The van der Waals surface area contributed by atoms with Crippen LogP contribution in [0.5, 0.6) is 0 Å². The lowest BCUT2D eigenvalue weighted by Crippen LogP contribution is -2.37. The molecule has 0 aliphatic heterocycles.